The number of hydrogen-bond donors (Lipinski definition) is 0. The molecule has 4 heteroatoms. The van der Waals surface area contributed by atoms with Gasteiger partial charge in [-0.3, -0.25) is 0 Å². The monoisotopic (exact) mass is 529 g/mol. The van der Waals surface area contributed by atoms with Crippen molar-refractivity contribution in [3.63, 3.8) is 0 Å². The number of aromatic nitrogens is 1. The van der Waals surface area contributed by atoms with Crippen molar-refractivity contribution in [2.45, 2.75) is 12.8 Å². The van der Waals surface area contributed by atoms with E-state index >= 15 is 0 Å². The number of benzene rings is 5. The van der Waals surface area contributed by atoms with Crippen molar-refractivity contribution in [3.05, 3.63) is 124 Å². The van der Waals surface area contributed by atoms with Crippen molar-refractivity contribution >= 4 is 66.7 Å². The lowest BCUT2D eigenvalue weighted by molar-refractivity contribution is 0.570. The van der Waals surface area contributed by atoms with Crippen LogP contribution < -0.4 is 16.2 Å². The summed E-state index contributed by atoms with van der Waals surface area (Å²) in [6, 6.07) is 35.0. The highest BCUT2D eigenvalue weighted by atomic mass is 16.4. The third-order valence-corrected chi connectivity index (χ3v) is 8.46. The summed E-state index contributed by atoms with van der Waals surface area (Å²) in [6.07, 6.45) is 6.76. The Morgan fingerprint density at radius 2 is 1.37 bits per heavy atom. The number of rotatable bonds is 2. The van der Waals surface area contributed by atoms with E-state index in [1.165, 1.54) is 16.0 Å². The van der Waals surface area contributed by atoms with Gasteiger partial charge in [-0.15, -0.1) is 0 Å². The molecule has 0 spiro atoms. The lowest BCUT2D eigenvalue weighted by Gasteiger charge is -2.12. The molecule has 4 nitrogen and oxygen atoms in total. The molecule has 194 valence electrons. The van der Waals surface area contributed by atoms with Crippen LogP contribution in [-0.4, -0.2) is 4.57 Å². The average molecular weight is 530 g/mol. The van der Waals surface area contributed by atoms with E-state index in [0.29, 0.717) is 11.0 Å². The van der Waals surface area contributed by atoms with E-state index in [4.69, 9.17) is 8.83 Å². The molecule has 0 unspecified atom stereocenters. The third-order valence-electron chi connectivity index (χ3n) is 8.46. The van der Waals surface area contributed by atoms with E-state index in [2.05, 4.69) is 71.3 Å². The predicted octanol–water partition coefficient (Wildman–Crippen LogP) is 7.81. The Labute approximate surface area is 233 Å². The second-order valence-electron chi connectivity index (χ2n) is 10.7. The summed E-state index contributed by atoms with van der Waals surface area (Å²) < 4.78 is 14.4. The lowest BCUT2D eigenvalue weighted by atomic mass is 9.97. The first-order valence-corrected chi connectivity index (χ1v) is 14.0. The molecule has 0 radical (unpaired) electrons. The topological polar surface area (TPSA) is 48.3 Å². The molecule has 41 heavy (non-hydrogen) atoms. The van der Waals surface area contributed by atoms with Gasteiger partial charge in [0.1, 0.15) is 16.7 Å². The fourth-order valence-electron chi connectivity index (χ4n) is 6.67. The van der Waals surface area contributed by atoms with Crippen LogP contribution in [-0.2, 0) is 0 Å². The van der Waals surface area contributed by atoms with Crippen LogP contribution in [0.5, 0.6) is 0 Å². The third kappa shape index (κ3) is 3.19. The van der Waals surface area contributed by atoms with E-state index in [0.717, 1.165) is 67.9 Å². The van der Waals surface area contributed by atoms with Crippen LogP contribution in [0.1, 0.15) is 12.8 Å². The molecule has 0 N–H and O–H groups in total. The van der Waals surface area contributed by atoms with E-state index in [-0.39, 0.29) is 5.63 Å². The standard InChI is InChI=1S/C37H23NO3/c39-37-28-14-2-1-13-27(28)36-24(15-8-18-34(36)41-37)22-9-7-10-23(19-22)38-31-16-5-3-11-25(31)29-20-30-26-12-4-6-17-33(26)40-35(30)21-32(29)38/h1-2,4,6-21H,3,5H2. The number of furan rings is 1. The van der Waals surface area contributed by atoms with Crippen molar-refractivity contribution in [1.29, 1.82) is 0 Å². The van der Waals surface area contributed by atoms with Crippen LogP contribution in [0.3, 0.4) is 0 Å². The highest BCUT2D eigenvalue weighted by Gasteiger charge is 2.17. The Hall–Kier alpha value is -5.35. The number of fused-ring (bicyclic) bond motifs is 9. The van der Waals surface area contributed by atoms with Crippen molar-refractivity contribution in [2.24, 2.45) is 0 Å². The number of para-hydroxylation sites is 1. The molecule has 0 atom stereocenters. The van der Waals surface area contributed by atoms with Gasteiger partial charge in [-0.2, -0.15) is 0 Å². The van der Waals surface area contributed by atoms with Gasteiger partial charge >= 0.3 is 5.63 Å². The van der Waals surface area contributed by atoms with E-state index in [9.17, 15) is 4.79 Å². The molecule has 0 amide bonds. The number of nitrogens with zero attached hydrogens (tertiary/aromatic N) is 1. The SMILES string of the molecule is O=c1oc2cccc(-c3cccc(-n4c5c(c6cc7c(cc64)oc4ccccc47)=CCCC=5)c3)c2c2ccccc12. The van der Waals surface area contributed by atoms with E-state index in [1.54, 1.807) is 0 Å². The Morgan fingerprint density at radius 1 is 0.585 bits per heavy atom. The maximum absolute atomic E-state index is 12.7. The molecule has 5 aromatic carbocycles. The minimum atomic E-state index is -0.312. The summed E-state index contributed by atoms with van der Waals surface area (Å²) in [5.74, 6) is 0. The van der Waals surface area contributed by atoms with Crippen LogP contribution in [0.25, 0.3) is 83.5 Å². The van der Waals surface area contributed by atoms with Gasteiger partial charge in [0.15, 0.2) is 0 Å². The molecule has 0 saturated carbocycles. The quantitative estimate of drug-likeness (QED) is 0.169. The second-order valence-corrected chi connectivity index (χ2v) is 10.7. The Balaban J connectivity index is 1.34. The zero-order valence-electron chi connectivity index (χ0n) is 22.1. The van der Waals surface area contributed by atoms with Crippen LogP contribution in [0.15, 0.2) is 117 Å². The first-order valence-electron chi connectivity index (χ1n) is 14.0. The molecule has 9 rings (SSSR count). The Kier molecular flexibility index (Phi) is 4.56. The van der Waals surface area contributed by atoms with Gasteiger partial charge in [0.2, 0.25) is 0 Å². The van der Waals surface area contributed by atoms with Crippen LogP contribution in [0.2, 0.25) is 0 Å². The van der Waals surface area contributed by atoms with E-state index < -0.39 is 0 Å². The van der Waals surface area contributed by atoms with Gasteiger partial charge in [0.25, 0.3) is 0 Å². The highest BCUT2D eigenvalue weighted by molar-refractivity contribution is 6.12. The summed E-state index contributed by atoms with van der Waals surface area (Å²) in [5, 5.41) is 8.46. The first kappa shape index (κ1) is 22.5. The molecule has 0 fully saturated rings. The smallest absolute Gasteiger partial charge is 0.344 e. The largest absolute Gasteiger partial charge is 0.456 e. The predicted molar refractivity (Wildman–Crippen MR) is 167 cm³/mol. The average Bonchev–Trinajstić information content (AvgIpc) is 3.54. The Bertz CT molecular complexity index is 2560. The van der Waals surface area contributed by atoms with Crippen LogP contribution in [0.4, 0.5) is 0 Å². The summed E-state index contributed by atoms with van der Waals surface area (Å²) in [4.78, 5) is 12.7. The fourth-order valence-corrected chi connectivity index (χ4v) is 6.67. The summed E-state index contributed by atoms with van der Waals surface area (Å²) in [6.45, 7) is 0. The van der Waals surface area contributed by atoms with Crippen molar-refractivity contribution in [1.82, 2.24) is 4.57 Å². The van der Waals surface area contributed by atoms with Gasteiger partial charge in [-0.1, -0.05) is 72.8 Å². The molecule has 3 aromatic heterocycles. The fraction of sp³-hybridized carbons (Fsp3) is 0.0541. The molecule has 0 aliphatic heterocycles. The lowest BCUT2D eigenvalue weighted by Crippen LogP contribution is -2.30. The first-order chi connectivity index (χ1) is 20.2. The minimum absolute atomic E-state index is 0.312. The molecular weight excluding hydrogens is 506 g/mol. The van der Waals surface area contributed by atoms with Gasteiger partial charge in [0.05, 0.1) is 10.9 Å². The molecule has 8 aromatic rings. The van der Waals surface area contributed by atoms with Crippen LogP contribution in [0, 0.1) is 0 Å². The zero-order chi connectivity index (χ0) is 27.1. The summed E-state index contributed by atoms with van der Waals surface area (Å²) in [5.41, 5.74) is 6.38. The van der Waals surface area contributed by atoms with Crippen molar-refractivity contribution in [3.8, 4) is 16.8 Å². The number of hydrogen-bond acceptors (Lipinski definition) is 3. The second kappa shape index (κ2) is 8.33. The van der Waals surface area contributed by atoms with Gasteiger partial charge in [-0.25, -0.2) is 4.79 Å². The summed E-state index contributed by atoms with van der Waals surface area (Å²) >= 11 is 0. The van der Waals surface area contributed by atoms with Gasteiger partial charge < -0.3 is 13.4 Å². The van der Waals surface area contributed by atoms with Crippen molar-refractivity contribution in [2.75, 3.05) is 0 Å². The molecule has 1 aliphatic rings. The molecule has 3 heterocycles. The maximum atomic E-state index is 12.7. The van der Waals surface area contributed by atoms with Crippen molar-refractivity contribution < 1.29 is 8.83 Å². The Morgan fingerprint density at radius 3 is 2.29 bits per heavy atom. The van der Waals surface area contributed by atoms with E-state index in [1.807, 2.05) is 48.5 Å². The zero-order valence-corrected chi connectivity index (χ0v) is 22.1. The maximum Gasteiger partial charge on any atom is 0.344 e. The van der Waals surface area contributed by atoms with Gasteiger partial charge in [0, 0.05) is 49.3 Å². The molecule has 0 bridgehead atoms. The highest BCUT2D eigenvalue weighted by Crippen LogP contribution is 2.35. The summed E-state index contributed by atoms with van der Waals surface area (Å²) in [7, 11) is 0. The van der Waals surface area contributed by atoms with Crippen LogP contribution >= 0.6 is 0 Å². The molecule has 0 saturated heterocycles. The molecular formula is C37H23NO3. The van der Waals surface area contributed by atoms with Gasteiger partial charge in [-0.05, 0) is 60.4 Å². The normalized spacial score (nSPS) is 13.2. The minimum Gasteiger partial charge on any atom is -0.456 e. The molecule has 1 aliphatic carbocycles.